The van der Waals surface area contributed by atoms with E-state index in [1.54, 1.807) is 13.2 Å². The molecule has 0 amide bonds. The largest absolute Gasteiger partial charge is 0.497 e. The lowest BCUT2D eigenvalue weighted by atomic mass is 10.2. The molecule has 0 saturated carbocycles. The number of nitrogens with two attached hydrogens (primary N) is 1. The van der Waals surface area contributed by atoms with Gasteiger partial charge in [0.15, 0.2) is 0 Å². The molecule has 98 valence electrons. The van der Waals surface area contributed by atoms with Crippen LogP contribution in [0.3, 0.4) is 0 Å². The molecule has 19 heavy (non-hydrogen) atoms. The fraction of sp³-hybridized carbons (Fsp3) is 0.133. The van der Waals surface area contributed by atoms with Gasteiger partial charge in [0.05, 0.1) is 12.7 Å². The zero-order chi connectivity index (χ0) is 13.7. The summed E-state index contributed by atoms with van der Waals surface area (Å²) in [6.45, 7) is 0.462. The molecule has 0 unspecified atom stereocenters. The number of hydrogen-bond acceptors (Lipinski definition) is 3. The highest BCUT2D eigenvalue weighted by Crippen LogP contribution is 2.25. The first-order chi connectivity index (χ1) is 9.20. The molecule has 0 fully saturated rings. The Labute approximate surface area is 118 Å². The van der Waals surface area contributed by atoms with Gasteiger partial charge >= 0.3 is 0 Å². The van der Waals surface area contributed by atoms with Crippen molar-refractivity contribution in [2.75, 3.05) is 7.11 Å². The third-order valence-electron chi connectivity index (χ3n) is 2.69. The summed E-state index contributed by atoms with van der Waals surface area (Å²) < 4.78 is 11.0. The van der Waals surface area contributed by atoms with E-state index in [1.807, 2.05) is 42.5 Å². The third-order valence-corrected chi connectivity index (χ3v) is 2.91. The monoisotopic (exact) mass is 273 g/mol. The summed E-state index contributed by atoms with van der Waals surface area (Å²) in [5, 5.41) is 0. The lowest BCUT2D eigenvalue weighted by Gasteiger charge is -2.12. The van der Waals surface area contributed by atoms with E-state index in [0.29, 0.717) is 28.7 Å². The van der Waals surface area contributed by atoms with E-state index >= 15 is 0 Å². The number of benzene rings is 2. The summed E-state index contributed by atoms with van der Waals surface area (Å²) in [5.74, 6) is 1.35. The molecule has 0 bridgehead atoms. The Balaban J connectivity index is 2.20. The topological polar surface area (TPSA) is 44.5 Å². The molecule has 2 N–H and O–H groups in total. The van der Waals surface area contributed by atoms with Crippen LogP contribution < -0.4 is 15.2 Å². The normalized spacial score (nSPS) is 9.95. The first-order valence-corrected chi connectivity index (χ1v) is 6.26. The van der Waals surface area contributed by atoms with E-state index < -0.39 is 0 Å². The molecule has 0 spiro atoms. The second-order valence-corrected chi connectivity index (χ2v) is 4.44. The molecule has 0 aliphatic heterocycles. The van der Waals surface area contributed by atoms with Crippen LogP contribution in [0.25, 0.3) is 0 Å². The second-order valence-electron chi connectivity index (χ2n) is 4.00. The quantitative estimate of drug-likeness (QED) is 0.851. The van der Waals surface area contributed by atoms with Gasteiger partial charge in [0.2, 0.25) is 0 Å². The predicted octanol–water partition coefficient (Wildman–Crippen LogP) is 2.91. The van der Waals surface area contributed by atoms with Gasteiger partial charge < -0.3 is 15.2 Å². The summed E-state index contributed by atoms with van der Waals surface area (Å²) >= 11 is 5.02. The highest BCUT2D eigenvalue weighted by atomic mass is 32.1. The maximum absolute atomic E-state index is 5.78. The van der Waals surface area contributed by atoms with Crippen molar-refractivity contribution >= 4 is 17.2 Å². The van der Waals surface area contributed by atoms with Crippen LogP contribution in [0.1, 0.15) is 11.1 Å². The van der Waals surface area contributed by atoms with E-state index in [-0.39, 0.29) is 0 Å². The van der Waals surface area contributed by atoms with Crippen LogP contribution in [0.4, 0.5) is 0 Å². The van der Waals surface area contributed by atoms with Crippen molar-refractivity contribution in [1.82, 2.24) is 0 Å². The van der Waals surface area contributed by atoms with E-state index in [0.717, 1.165) is 5.56 Å². The molecule has 0 heterocycles. The average molecular weight is 273 g/mol. The Morgan fingerprint density at radius 3 is 2.53 bits per heavy atom. The molecule has 2 aromatic carbocycles. The molecule has 4 heteroatoms. The molecule has 0 aliphatic carbocycles. The minimum absolute atomic E-state index is 0.311. The summed E-state index contributed by atoms with van der Waals surface area (Å²) in [5.41, 5.74) is 7.48. The van der Waals surface area contributed by atoms with E-state index in [9.17, 15) is 0 Å². The van der Waals surface area contributed by atoms with E-state index in [4.69, 9.17) is 27.4 Å². The Hall–Kier alpha value is -2.07. The Morgan fingerprint density at radius 1 is 1.16 bits per heavy atom. The maximum atomic E-state index is 5.78. The lowest BCUT2D eigenvalue weighted by molar-refractivity contribution is 0.303. The smallest absolute Gasteiger partial charge is 0.133 e. The highest BCUT2D eigenvalue weighted by Gasteiger charge is 2.08. The molecular weight excluding hydrogens is 258 g/mol. The lowest BCUT2D eigenvalue weighted by Crippen LogP contribution is -2.11. The van der Waals surface area contributed by atoms with E-state index in [2.05, 4.69) is 0 Å². The van der Waals surface area contributed by atoms with Crippen LogP contribution in [0.2, 0.25) is 0 Å². The van der Waals surface area contributed by atoms with Crippen LogP contribution in [-0.4, -0.2) is 12.1 Å². The summed E-state index contributed by atoms with van der Waals surface area (Å²) in [6.07, 6.45) is 0. The van der Waals surface area contributed by atoms with Gasteiger partial charge in [0, 0.05) is 6.07 Å². The zero-order valence-electron chi connectivity index (χ0n) is 10.6. The van der Waals surface area contributed by atoms with Gasteiger partial charge in [0.25, 0.3) is 0 Å². The Bertz CT molecular complexity index is 570. The van der Waals surface area contributed by atoms with Crippen molar-refractivity contribution in [3.63, 3.8) is 0 Å². The van der Waals surface area contributed by atoms with Crippen molar-refractivity contribution in [3.05, 3.63) is 59.7 Å². The van der Waals surface area contributed by atoms with Gasteiger partial charge in [-0.25, -0.2) is 0 Å². The summed E-state index contributed by atoms with van der Waals surface area (Å²) in [6, 6.07) is 15.3. The van der Waals surface area contributed by atoms with Gasteiger partial charge in [0.1, 0.15) is 23.1 Å². The van der Waals surface area contributed by atoms with Gasteiger partial charge in [-0.15, -0.1) is 0 Å². The van der Waals surface area contributed by atoms with Crippen molar-refractivity contribution in [2.24, 2.45) is 5.73 Å². The van der Waals surface area contributed by atoms with Gasteiger partial charge in [-0.1, -0.05) is 42.5 Å². The molecule has 2 aromatic rings. The van der Waals surface area contributed by atoms with Crippen molar-refractivity contribution in [3.8, 4) is 11.5 Å². The Kier molecular flexibility index (Phi) is 4.36. The number of thiocarbonyl (C=S) groups is 1. The maximum Gasteiger partial charge on any atom is 0.133 e. The average Bonchev–Trinajstić information content (AvgIpc) is 2.45. The van der Waals surface area contributed by atoms with Crippen LogP contribution in [-0.2, 0) is 6.61 Å². The van der Waals surface area contributed by atoms with E-state index in [1.165, 1.54) is 0 Å². The highest BCUT2D eigenvalue weighted by molar-refractivity contribution is 7.80. The third kappa shape index (κ3) is 3.45. The molecule has 0 aliphatic rings. The number of hydrogen-bond donors (Lipinski definition) is 1. The second kappa shape index (κ2) is 6.20. The minimum atomic E-state index is 0.311. The van der Waals surface area contributed by atoms with Gasteiger partial charge in [-0.3, -0.25) is 0 Å². The molecule has 0 atom stereocenters. The standard InChI is InChI=1S/C15H15NO2S/c1-17-12-7-8-13(15(16)19)14(9-12)18-10-11-5-3-2-4-6-11/h2-9H,10H2,1H3,(H2,16,19). The minimum Gasteiger partial charge on any atom is -0.497 e. The number of ether oxygens (including phenoxy) is 2. The molecule has 2 rings (SSSR count). The predicted molar refractivity (Wildman–Crippen MR) is 79.7 cm³/mol. The van der Waals surface area contributed by atoms with Gasteiger partial charge in [-0.2, -0.15) is 0 Å². The Morgan fingerprint density at radius 2 is 1.89 bits per heavy atom. The molecule has 0 radical (unpaired) electrons. The number of rotatable bonds is 5. The fourth-order valence-electron chi connectivity index (χ4n) is 1.69. The van der Waals surface area contributed by atoms with Crippen molar-refractivity contribution < 1.29 is 9.47 Å². The fourth-order valence-corrected chi connectivity index (χ4v) is 1.86. The van der Waals surface area contributed by atoms with Gasteiger partial charge in [-0.05, 0) is 17.7 Å². The van der Waals surface area contributed by atoms with Crippen LogP contribution in [0.5, 0.6) is 11.5 Å². The molecule has 0 saturated heterocycles. The van der Waals surface area contributed by atoms with Crippen LogP contribution >= 0.6 is 12.2 Å². The molecule has 0 aromatic heterocycles. The first-order valence-electron chi connectivity index (χ1n) is 5.85. The van der Waals surface area contributed by atoms with Crippen LogP contribution in [0.15, 0.2) is 48.5 Å². The zero-order valence-corrected chi connectivity index (χ0v) is 11.4. The number of methoxy groups -OCH3 is 1. The molecule has 3 nitrogen and oxygen atoms in total. The van der Waals surface area contributed by atoms with Crippen LogP contribution in [0, 0.1) is 0 Å². The summed E-state index contributed by atoms with van der Waals surface area (Å²) in [4.78, 5) is 0.311. The molecular formula is C15H15NO2S. The first kappa shape index (κ1) is 13.4. The van der Waals surface area contributed by atoms with Crippen molar-refractivity contribution in [2.45, 2.75) is 6.61 Å². The SMILES string of the molecule is COc1ccc(C(N)=S)c(OCc2ccccc2)c1. The summed E-state index contributed by atoms with van der Waals surface area (Å²) in [7, 11) is 1.61. The van der Waals surface area contributed by atoms with Crippen molar-refractivity contribution in [1.29, 1.82) is 0 Å².